The maximum Gasteiger partial charge on any atom is 0.488 e. The highest BCUT2D eigenvalue weighted by atomic mass is 19.4. The van der Waals surface area contributed by atoms with E-state index in [0.29, 0.717) is 16.6 Å². The van der Waals surface area contributed by atoms with Gasteiger partial charge in [0, 0.05) is 6.08 Å². The van der Waals surface area contributed by atoms with Crippen LogP contribution >= 0.6 is 0 Å². The van der Waals surface area contributed by atoms with Crippen molar-refractivity contribution in [1.29, 1.82) is 0 Å². The van der Waals surface area contributed by atoms with E-state index >= 15 is 0 Å². The molecule has 0 aliphatic rings. The molecule has 9 heteroatoms. The largest absolute Gasteiger partial charge is 0.488 e. The molecule has 0 fully saturated rings. The topological polar surface area (TPSA) is 78.8 Å². The summed E-state index contributed by atoms with van der Waals surface area (Å²) in [5.74, 6) is -0.577. The molecule has 5 nitrogen and oxygen atoms in total. The number of hydroxylamine groups is 1. The van der Waals surface area contributed by atoms with E-state index in [0.717, 1.165) is 18.2 Å². The van der Waals surface area contributed by atoms with Crippen molar-refractivity contribution in [2.24, 2.45) is 0 Å². The minimum Gasteiger partial charge on any atom is -0.423 e. The molecule has 0 saturated carbocycles. The molecule has 0 radical (unpaired) electrons. The second-order valence-corrected chi connectivity index (χ2v) is 5.32. The van der Waals surface area contributed by atoms with E-state index < -0.39 is 24.8 Å². The number of alkyl halides is 3. The monoisotopic (exact) mass is 365 g/mol. The Hall–Kier alpha value is -2.62. The average Bonchev–Trinajstić information content (AvgIpc) is 2.60. The van der Waals surface area contributed by atoms with Gasteiger partial charge < -0.3 is 10.0 Å². The summed E-state index contributed by atoms with van der Waals surface area (Å²) in [6.45, 7) is 0.0572. The lowest BCUT2D eigenvalue weighted by atomic mass is 9.80. The maximum atomic E-state index is 12.5. The summed E-state index contributed by atoms with van der Waals surface area (Å²) in [6, 6.07) is 10.6. The molecule has 3 N–H and O–H groups in total. The van der Waals surface area contributed by atoms with Crippen LogP contribution in [0.15, 0.2) is 54.6 Å². The predicted molar refractivity (Wildman–Crippen MR) is 89.7 cm³/mol. The van der Waals surface area contributed by atoms with Gasteiger partial charge in [0.05, 0.1) is 12.2 Å². The van der Waals surface area contributed by atoms with Crippen LogP contribution < -0.4 is 10.9 Å². The number of hydrogen-bond donors (Lipinski definition) is 3. The Morgan fingerprint density at radius 3 is 2.23 bits per heavy atom. The number of rotatable bonds is 6. The number of amides is 1. The van der Waals surface area contributed by atoms with Crippen molar-refractivity contribution in [2.75, 3.05) is 0 Å². The molecule has 1 amide bonds. The van der Waals surface area contributed by atoms with Crippen molar-refractivity contribution < 1.29 is 32.9 Å². The van der Waals surface area contributed by atoms with Crippen LogP contribution in [0.2, 0.25) is 0 Å². The summed E-state index contributed by atoms with van der Waals surface area (Å²) >= 11 is 0. The first-order valence-electron chi connectivity index (χ1n) is 7.48. The van der Waals surface area contributed by atoms with Crippen LogP contribution in [0.25, 0.3) is 6.08 Å². The zero-order valence-corrected chi connectivity index (χ0v) is 13.4. The molecule has 0 bridgehead atoms. The van der Waals surface area contributed by atoms with E-state index in [1.807, 2.05) is 0 Å². The van der Waals surface area contributed by atoms with Crippen LogP contribution in [0.4, 0.5) is 13.2 Å². The Kier molecular flexibility index (Phi) is 6.56. The van der Waals surface area contributed by atoms with Crippen molar-refractivity contribution >= 4 is 24.6 Å². The Morgan fingerprint density at radius 1 is 1.08 bits per heavy atom. The highest BCUT2D eigenvalue weighted by Gasteiger charge is 2.29. The Balaban J connectivity index is 1.80. The number of carbonyl (C=O) groups is 1. The van der Waals surface area contributed by atoms with Crippen molar-refractivity contribution in [1.82, 2.24) is 5.48 Å². The second-order valence-electron chi connectivity index (χ2n) is 5.32. The van der Waals surface area contributed by atoms with Crippen molar-refractivity contribution in [3.05, 3.63) is 71.3 Å². The fourth-order valence-electron chi connectivity index (χ4n) is 1.97. The van der Waals surface area contributed by atoms with Gasteiger partial charge >= 0.3 is 13.3 Å². The van der Waals surface area contributed by atoms with Gasteiger partial charge in [-0.3, -0.25) is 9.63 Å². The van der Waals surface area contributed by atoms with Crippen LogP contribution in [0, 0.1) is 0 Å². The summed E-state index contributed by atoms with van der Waals surface area (Å²) < 4.78 is 37.4. The SMILES string of the molecule is O=C(C=Cc1ccc(C(F)(F)F)cc1)NOCc1ccc(B(O)O)cc1. The Labute approximate surface area is 147 Å². The third-order valence-electron chi connectivity index (χ3n) is 3.35. The van der Waals surface area contributed by atoms with Crippen LogP contribution in [0.1, 0.15) is 16.7 Å². The van der Waals surface area contributed by atoms with E-state index in [9.17, 15) is 18.0 Å². The van der Waals surface area contributed by atoms with Gasteiger partial charge in [0.1, 0.15) is 0 Å². The third kappa shape index (κ3) is 6.03. The fraction of sp³-hybridized carbons (Fsp3) is 0.118. The van der Waals surface area contributed by atoms with Crippen LogP contribution in [0.3, 0.4) is 0 Å². The predicted octanol–water partition coefficient (Wildman–Crippen LogP) is 1.65. The molecule has 0 aromatic heterocycles. The minimum atomic E-state index is -4.40. The second kappa shape index (κ2) is 8.66. The quantitative estimate of drug-likeness (QED) is 0.413. The van der Waals surface area contributed by atoms with Crippen molar-refractivity contribution in [2.45, 2.75) is 12.8 Å². The van der Waals surface area contributed by atoms with Crippen LogP contribution in [0.5, 0.6) is 0 Å². The van der Waals surface area contributed by atoms with Crippen LogP contribution in [-0.4, -0.2) is 23.1 Å². The summed E-state index contributed by atoms with van der Waals surface area (Å²) in [4.78, 5) is 16.6. The molecule has 0 heterocycles. The van der Waals surface area contributed by atoms with Crippen molar-refractivity contribution in [3.63, 3.8) is 0 Å². The maximum absolute atomic E-state index is 12.5. The van der Waals surface area contributed by atoms with Gasteiger partial charge in [-0.15, -0.1) is 0 Å². The molecule has 0 saturated heterocycles. The Morgan fingerprint density at radius 2 is 1.69 bits per heavy atom. The lowest BCUT2D eigenvalue weighted by molar-refractivity contribution is -0.137. The number of benzene rings is 2. The highest BCUT2D eigenvalue weighted by Crippen LogP contribution is 2.29. The first-order valence-corrected chi connectivity index (χ1v) is 7.48. The van der Waals surface area contributed by atoms with Gasteiger partial charge in [0.2, 0.25) is 0 Å². The standard InChI is InChI=1S/C17H15BF3NO4/c19-17(20,21)14-6-1-12(2-7-14)5-10-16(23)22-26-11-13-3-8-15(9-4-13)18(24)25/h1-10,24-25H,11H2,(H,22,23). The third-order valence-corrected chi connectivity index (χ3v) is 3.35. The van der Waals surface area contributed by atoms with Gasteiger partial charge in [0.25, 0.3) is 5.91 Å². The van der Waals surface area contributed by atoms with E-state index in [-0.39, 0.29) is 6.61 Å². The zero-order valence-electron chi connectivity index (χ0n) is 13.4. The number of nitrogens with one attached hydrogen (secondary N) is 1. The summed E-state index contributed by atoms with van der Waals surface area (Å²) in [7, 11) is -1.56. The van der Waals surface area contributed by atoms with E-state index in [1.54, 1.807) is 12.1 Å². The Bertz CT molecular complexity index is 759. The zero-order chi connectivity index (χ0) is 19.2. The lowest BCUT2D eigenvalue weighted by Gasteiger charge is -2.06. The van der Waals surface area contributed by atoms with Gasteiger partial charge in [0.15, 0.2) is 0 Å². The molecular weight excluding hydrogens is 350 g/mol. The molecule has 136 valence electrons. The van der Waals surface area contributed by atoms with Gasteiger partial charge in [-0.25, -0.2) is 5.48 Å². The van der Waals surface area contributed by atoms with Gasteiger partial charge in [-0.1, -0.05) is 36.4 Å². The molecule has 0 atom stereocenters. The minimum absolute atomic E-state index is 0.0572. The van der Waals surface area contributed by atoms with Crippen molar-refractivity contribution in [3.8, 4) is 0 Å². The molecule has 2 rings (SSSR count). The highest BCUT2D eigenvalue weighted by molar-refractivity contribution is 6.58. The molecule has 0 spiro atoms. The first kappa shape index (κ1) is 19.7. The summed E-state index contributed by atoms with van der Waals surface area (Å²) in [5.41, 5.74) is 2.87. The normalized spacial score (nSPS) is 11.6. The molecule has 2 aromatic rings. The average molecular weight is 365 g/mol. The number of hydrogen-bond acceptors (Lipinski definition) is 4. The van der Waals surface area contributed by atoms with Crippen LogP contribution in [-0.2, 0) is 22.4 Å². The molecule has 26 heavy (non-hydrogen) atoms. The first-order chi connectivity index (χ1) is 12.3. The van der Waals surface area contributed by atoms with E-state index in [2.05, 4.69) is 5.48 Å². The molecule has 2 aromatic carbocycles. The number of carbonyl (C=O) groups excluding carboxylic acids is 1. The summed E-state index contributed by atoms with van der Waals surface area (Å²) in [5, 5.41) is 18.0. The van der Waals surface area contributed by atoms with Gasteiger partial charge in [-0.05, 0) is 34.8 Å². The molecule has 0 aliphatic carbocycles. The number of halogens is 3. The summed E-state index contributed by atoms with van der Waals surface area (Å²) in [6.07, 6.45) is -1.91. The molecule has 0 unspecified atom stereocenters. The fourth-order valence-corrected chi connectivity index (χ4v) is 1.97. The lowest BCUT2D eigenvalue weighted by Crippen LogP contribution is -2.29. The smallest absolute Gasteiger partial charge is 0.423 e. The van der Waals surface area contributed by atoms with E-state index in [4.69, 9.17) is 14.9 Å². The molecule has 0 aliphatic heterocycles. The van der Waals surface area contributed by atoms with E-state index in [1.165, 1.54) is 30.3 Å². The molecular formula is C17H15BF3NO4. The van der Waals surface area contributed by atoms with Gasteiger partial charge in [-0.2, -0.15) is 13.2 Å².